The molecule has 0 spiro atoms. The highest BCUT2D eigenvalue weighted by Gasteiger charge is 2.12. The lowest BCUT2D eigenvalue weighted by molar-refractivity contribution is -0.309. The predicted molar refractivity (Wildman–Crippen MR) is 57.0 cm³/mol. The summed E-state index contributed by atoms with van der Waals surface area (Å²) < 4.78 is 1.54. The van der Waals surface area contributed by atoms with Gasteiger partial charge in [0.05, 0.1) is 12.0 Å². The molecule has 0 N–H and O–H groups in total. The summed E-state index contributed by atoms with van der Waals surface area (Å²) in [5.41, 5.74) is 1.21. The summed E-state index contributed by atoms with van der Waals surface area (Å²) in [5.74, 6) is -1.17. The third-order valence-corrected chi connectivity index (χ3v) is 2.66. The van der Waals surface area contributed by atoms with E-state index in [1.807, 2.05) is 6.07 Å². The SMILES string of the molecule is CC(C(=O)[O-])n1cc(C=O)c2ccccc21. The minimum Gasteiger partial charge on any atom is -0.548 e. The Bertz CT molecular complexity index is 556. The van der Waals surface area contributed by atoms with Crippen LogP contribution in [0.25, 0.3) is 10.9 Å². The second-order valence-corrected chi connectivity index (χ2v) is 3.62. The van der Waals surface area contributed by atoms with Gasteiger partial charge in [0, 0.05) is 22.7 Å². The van der Waals surface area contributed by atoms with Crippen LogP contribution >= 0.6 is 0 Å². The second-order valence-electron chi connectivity index (χ2n) is 3.62. The first-order chi connectivity index (χ1) is 7.65. The molecule has 0 bridgehead atoms. The zero-order chi connectivity index (χ0) is 11.7. The second kappa shape index (κ2) is 3.81. The van der Waals surface area contributed by atoms with E-state index >= 15 is 0 Å². The van der Waals surface area contributed by atoms with Crippen LogP contribution in [0.4, 0.5) is 0 Å². The minimum atomic E-state index is -1.17. The molecule has 2 aromatic rings. The Morgan fingerprint density at radius 2 is 2.12 bits per heavy atom. The Morgan fingerprint density at radius 3 is 2.75 bits per heavy atom. The average molecular weight is 216 g/mol. The van der Waals surface area contributed by atoms with Gasteiger partial charge in [0.1, 0.15) is 0 Å². The van der Waals surface area contributed by atoms with E-state index in [-0.39, 0.29) is 0 Å². The lowest BCUT2D eigenvalue weighted by Gasteiger charge is -2.15. The summed E-state index contributed by atoms with van der Waals surface area (Å²) in [7, 11) is 0. The van der Waals surface area contributed by atoms with Crippen LogP contribution in [0.1, 0.15) is 23.3 Å². The molecule has 2 rings (SSSR count). The van der Waals surface area contributed by atoms with Crippen molar-refractivity contribution in [3.63, 3.8) is 0 Å². The molecule has 1 heterocycles. The van der Waals surface area contributed by atoms with Gasteiger partial charge >= 0.3 is 0 Å². The maximum atomic E-state index is 10.8. The number of benzene rings is 1. The highest BCUT2D eigenvalue weighted by atomic mass is 16.4. The lowest BCUT2D eigenvalue weighted by Crippen LogP contribution is -2.31. The molecule has 0 radical (unpaired) electrons. The van der Waals surface area contributed by atoms with Gasteiger partial charge in [-0.1, -0.05) is 18.2 Å². The largest absolute Gasteiger partial charge is 0.548 e. The lowest BCUT2D eigenvalue weighted by atomic mass is 10.2. The molecule has 0 saturated heterocycles. The van der Waals surface area contributed by atoms with Crippen molar-refractivity contribution in [1.29, 1.82) is 0 Å². The topological polar surface area (TPSA) is 62.1 Å². The first kappa shape index (κ1) is 10.4. The van der Waals surface area contributed by atoms with Crippen molar-refractivity contribution in [3.8, 4) is 0 Å². The number of hydrogen-bond acceptors (Lipinski definition) is 3. The number of nitrogens with zero attached hydrogens (tertiary/aromatic N) is 1. The fourth-order valence-corrected chi connectivity index (χ4v) is 1.76. The molecule has 0 aliphatic rings. The van der Waals surface area contributed by atoms with E-state index in [1.54, 1.807) is 18.2 Å². The van der Waals surface area contributed by atoms with Gasteiger partial charge in [0.15, 0.2) is 6.29 Å². The summed E-state index contributed by atoms with van der Waals surface area (Å²) in [6, 6.07) is 6.39. The Hall–Kier alpha value is -2.10. The van der Waals surface area contributed by atoms with Gasteiger partial charge in [0.2, 0.25) is 0 Å². The first-order valence-corrected chi connectivity index (χ1v) is 4.90. The summed E-state index contributed by atoms with van der Waals surface area (Å²) in [6.07, 6.45) is 2.26. The van der Waals surface area contributed by atoms with Crippen LogP contribution in [0.15, 0.2) is 30.5 Å². The normalized spacial score (nSPS) is 12.6. The summed E-state index contributed by atoms with van der Waals surface area (Å²) in [6.45, 7) is 1.52. The van der Waals surface area contributed by atoms with Gasteiger partial charge < -0.3 is 14.5 Å². The third-order valence-electron chi connectivity index (χ3n) is 2.66. The number of carbonyl (C=O) groups is 2. The molecule has 1 aromatic heterocycles. The maximum absolute atomic E-state index is 10.8. The van der Waals surface area contributed by atoms with Crippen LogP contribution in [-0.4, -0.2) is 16.8 Å². The van der Waals surface area contributed by atoms with Gasteiger partial charge in [-0.2, -0.15) is 0 Å². The van der Waals surface area contributed by atoms with Crippen molar-refractivity contribution >= 4 is 23.2 Å². The van der Waals surface area contributed by atoms with E-state index in [2.05, 4.69) is 0 Å². The van der Waals surface area contributed by atoms with Crippen molar-refractivity contribution in [2.24, 2.45) is 0 Å². The van der Waals surface area contributed by atoms with Gasteiger partial charge in [-0.05, 0) is 13.0 Å². The van der Waals surface area contributed by atoms with Crippen LogP contribution in [0.3, 0.4) is 0 Å². The zero-order valence-corrected chi connectivity index (χ0v) is 8.71. The number of hydrogen-bond donors (Lipinski definition) is 0. The van der Waals surface area contributed by atoms with Gasteiger partial charge in [-0.25, -0.2) is 0 Å². The number of carboxylic acid groups (broad SMARTS) is 1. The van der Waals surface area contributed by atoms with Crippen molar-refractivity contribution in [2.75, 3.05) is 0 Å². The standard InChI is InChI=1S/C12H11NO3/c1-8(12(15)16)13-6-9(7-14)10-4-2-3-5-11(10)13/h2-8H,1H3,(H,15,16)/p-1. The average Bonchev–Trinajstić information content (AvgIpc) is 2.66. The highest BCUT2D eigenvalue weighted by molar-refractivity contribution is 5.98. The molecular weight excluding hydrogens is 206 g/mol. The summed E-state index contributed by atoms with van der Waals surface area (Å²) in [5, 5.41) is 11.6. The Kier molecular flexibility index (Phi) is 2.48. The van der Waals surface area contributed by atoms with Gasteiger partial charge in [-0.15, -0.1) is 0 Å². The van der Waals surface area contributed by atoms with E-state index in [0.717, 1.165) is 17.2 Å². The number of para-hydroxylation sites is 1. The molecule has 1 unspecified atom stereocenters. The monoisotopic (exact) mass is 216 g/mol. The molecule has 16 heavy (non-hydrogen) atoms. The van der Waals surface area contributed by atoms with Crippen molar-refractivity contribution in [1.82, 2.24) is 4.57 Å². The quantitative estimate of drug-likeness (QED) is 0.712. The third kappa shape index (κ3) is 1.48. The number of rotatable bonds is 3. The van der Waals surface area contributed by atoms with Gasteiger partial charge in [0.25, 0.3) is 0 Å². The summed E-state index contributed by atoms with van der Waals surface area (Å²) in [4.78, 5) is 21.7. The zero-order valence-electron chi connectivity index (χ0n) is 8.71. The van der Waals surface area contributed by atoms with E-state index in [4.69, 9.17) is 0 Å². The molecule has 1 atom stereocenters. The van der Waals surface area contributed by atoms with Crippen molar-refractivity contribution in [3.05, 3.63) is 36.0 Å². The fraction of sp³-hybridized carbons (Fsp3) is 0.167. The molecule has 4 nitrogen and oxygen atoms in total. The Labute approximate surface area is 92.1 Å². The van der Waals surface area contributed by atoms with Crippen molar-refractivity contribution in [2.45, 2.75) is 13.0 Å². The number of aromatic nitrogens is 1. The maximum Gasteiger partial charge on any atom is 0.152 e. The molecule has 1 aromatic carbocycles. The Balaban J connectivity index is 2.71. The molecule has 0 aliphatic carbocycles. The summed E-state index contributed by atoms with van der Waals surface area (Å²) >= 11 is 0. The van der Waals surface area contributed by atoms with Crippen LogP contribution in [0.5, 0.6) is 0 Å². The predicted octanol–water partition coefficient (Wildman–Crippen LogP) is 0.765. The number of carbonyl (C=O) groups excluding carboxylic acids is 2. The molecule has 0 saturated carbocycles. The van der Waals surface area contributed by atoms with E-state index in [1.165, 1.54) is 17.7 Å². The van der Waals surface area contributed by atoms with Gasteiger partial charge in [-0.3, -0.25) is 4.79 Å². The molecule has 0 amide bonds. The Morgan fingerprint density at radius 1 is 1.44 bits per heavy atom. The molecule has 0 aliphatic heterocycles. The number of aldehydes is 1. The smallest absolute Gasteiger partial charge is 0.152 e. The highest BCUT2D eigenvalue weighted by Crippen LogP contribution is 2.23. The minimum absolute atomic E-state index is 0.490. The molecule has 82 valence electrons. The van der Waals surface area contributed by atoms with E-state index in [0.29, 0.717) is 5.56 Å². The fourth-order valence-electron chi connectivity index (χ4n) is 1.76. The number of aliphatic carboxylic acids is 1. The number of carboxylic acids is 1. The molecule has 4 heteroatoms. The van der Waals surface area contributed by atoms with E-state index in [9.17, 15) is 14.7 Å². The van der Waals surface area contributed by atoms with Crippen LogP contribution in [0.2, 0.25) is 0 Å². The number of fused-ring (bicyclic) bond motifs is 1. The van der Waals surface area contributed by atoms with E-state index < -0.39 is 12.0 Å². The molecule has 0 fully saturated rings. The van der Waals surface area contributed by atoms with Crippen molar-refractivity contribution < 1.29 is 14.7 Å². The molecular formula is C12H10NO3-. The van der Waals surface area contributed by atoms with Crippen LogP contribution < -0.4 is 5.11 Å². The van der Waals surface area contributed by atoms with Crippen LogP contribution in [-0.2, 0) is 4.79 Å². The first-order valence-electron chi connectivity index (χ1n) is 4.90. The van der Waals surface area contributed by atoms with Crippen LogP contribution in [0, 0.1) is 0 Å².